The van der Waals surface area contributed by atoms with Crippen LogP contribution >= 0.6 is 11.3 Å². The molecule has 1 aromatic rings. The third kappa shape index (κ3) is 3.06. The molecule has 0 spiro atoms. The van der Waals surface area contributed by atoms with Crippen molar-refractivity contribution < 1.29 is 9.53 Å². The second-order valence-corrected chi connectivity index (χ2v) is 3.75. The maximum atomic E-state index is 11.2. The van der Waals surface area contributed by atoms with Gasteiger partial charge < -0.3 is 9.30 Å². The van der Waals surface area contributed by atoms with E-state index in [0.717, 1.165) is 11.3 Å². The molecule has 0 unspecified atom stereocenters. The monoisotopic (exact) mass is 227 g/mol. The number of ether oxygens (including phenoxy) is 1. The van der Waals surface area contributed by atoms with Gasteiger partial charge in [-0.05, 0) is 6.42 Å². The Labute approximate surface area is 91.8 Å². The summed E-state index contributed by atoms with van der Waals surface area (Å²) in [5.74, 6) is -0.333. The van der Waals surface area contributed by atoms with E-state index in [1.54, 1.807) is 22.2 Å². The quantitative estimate of drug-likeness (QED) is 0.577. The molecule has 0 aliphatic carbocycles. The summed E-state index contributed by atoms with van der Waals surface area (Å²) in [5.41, 5.74) is 0.593. The molecule has 5 heteroatoms. The van der Waals surface area contributed by atoms with E-state index in [1.165, 1.54) is 7.11 Å². The minimum atomic E-state index is -0.333. The highest BCUT2D eigenvalue weighted by Crippen LogP contribution is 2.03. The zero-order chi connectivity index (χ0) is 11.3. The number of aromatic nitrogens is 1. The second kappa shape index (κ2) is 5.50. The fourth-order valence-electron chi connectivity index (χ4n) is 1.14. The summed E-state index contributed by atoms with van der Waals surface area (Å²) in [7, 11) is 1.35. The molecule has 0 amide bonds. The molecule has 0 fully saturated rings. The minimum absolute atomic E-state index is 0.0217. The highest BCUT2D eigenvalue weighted by Gasteiger charge is 2.06. The van der Waals surface area contributed by atoms with Gasteiger partial charge in [-0.25, -0.2) is 4.79 Å². The van der Waals surface area contributed by atoms with Crippen molar-refractivity contribution in [1.82, 2.24) is 4.57 Å². The van der Waals surface area contributed by atoms with Crippen molar-refractivity contribution >= 4 is 17.3 Å². The number of esters is 1. The Morgan fingerprint density at radius 2 is 2.40 bits per heavy atom. The lowest BCUT2D eigenvalue weighted by atomic mass is 10.2. The molecule has 4 nitrogen and oxygen atoms in total. The predicted molar refractivity (Wildman–Crippen MR) is 59.0 cm³/mol. The van der Waals surface area contributed by atoms with E-state index in [0.29, 0.717) is 18.5 Å². The van der Waals surface area contributed by atoms with Crippen molar-refractivity contribution in [3.63, 3.8) is 0 Å². The van der Waals surface area contributed by atoms with Crippen LogP contribution in [-0.4, -0.2) is 17.6 Å². The molecule has 0 atom stereocenters. The highest BCUT2D eigenvalue weighted by molar-refractivity contribution is 7.07. The van der Waals surface area contributed by atoms with Crippen LogP contribution in [0.15, 0.2) is 28.0 Å². The van der Waals surface area contributed by atoms with Gasteiger partial charge >= 0.3 is 10.8 Å². The topological polar surface area (TPSA) is 48.3 Å². The normalized spacial score (nSPS) is 11.5. The summed E-state index contributed by atoms with van der Waals surface area (Å²) in [6, 6.07) is 0. The van der Waals surface area contributed by atoms with Crippen molar-refractivity contribution in [3.8, 4) is 0 Å². The molecule has 0 bridgehead atoms. The van der Waals surface area contributed by atoms with Gasteiger partial charge in [0.15, 0.2) is 0 Å². The Balaban J connectivity index is 2.75. The summed E-state index contributed by atoms with van der Waals surface area (Å²) < 4.78 is 6.16. The van der Waals surface area contributed by atoms with Gasteiger partial charge in [-0.3, -0.25) is 4.79 Å². The van der Waals surface area contributed by atoms with Crippen molar-refractivity contribution in [1.29, 1.82) is 0 Å². The van der Waals surface area contributed by atoms with Gasteiger partial charge in [-0.2, -0.15) is 0 Å². The van der Waals surface area contributed by atoms with Crippen LogP contribution in [0.1, 0.15) is 13.3 Å². The number of carbonyl (C=O) groups excluding carboxylic acids is 1. The van der Waals surface area contributed by atoms with Crippen molar-refractivity contribution in [3.05, 3.63) is 32.9 Å². The van der Waals surface area contributed by atoms with Gasteiger partial charge in [0.25, 0.3) is 0 Å². The predicted octanol–water partition coefficient (Wildman–Crippen LogP) is 1.42. The molecule has 0 N–H and O–H groups in total. The van der Waals surface area contributed by atoms with Gasteiger partial charge in [-0.15, -0.1) is 0 Å². The maximum Gasteiger partial charge on any atom is 0.333 e. The molecular formula is C10H13NO3S. The zero-order valence-corrected chi connectivity index (χ0v) is 9.54. The molecule has 1 rings (SSSR count). The summed E-state index contributed by atoms with van der Waals surface area (Å²) >= 11 is 1.14. The Hall–Kier alpha value is -1.36. The summed E-state index contributed by atoms with van der Waals surface area (Å²) in [4.78, 5) is 22.4. The Morgan fingerprint density at radius 1 is 1.67 bits per heavy atom. The number of methoxy groups -OCH3 is 1. The van der Waals surface area contributed by atoms with Crippen molar-refractivity contribution in [2.24, 2.45) is 0 Å². The molecule has 0 aromatic carbocycles. The SMILES string of the molecule is CCC(=CCn1ccsc1=O)C(=O)OC. The van der Waals surface area contributed by atoms with Crippen LogP contribution in [0.5, 0.6) is 0 Å². The van der Waals surface area contributed by atoms with E-state index in [1.807, 2.05) is 6.92 Å². The van der Waals surface area contributed by atoms with E-state index >= 15 is 0 Å². The van der Waals surface area contributed by atoms with Crippen LogP contribution in [0.25, 0.3) is 0 Å². The van der Waals surface area contributed by atoms with Gasteiger partial charge in [0.05, 0.1) is 7.11 Å². The smallest absolute Gasteiger partial charge is 0.333 e. The lowest BCUT2D eigenvalue weighted by Crippen LogP contribution is -2.12. The zero-order valence-electron chi connectivity index (χ0n) is 8.73. The Kier molecular flexibility index (Phi) is 4.30. The van der Waals surface area contributed by atoms with Crippen LogP contribution < -0.4 is 4.87 Å². The third-order valence-electron chi connectivity index (χ3n) is 2.01. The van der Waals surface area contributed by atoms with Crippen molar-refractivity contribution in [2.75, 3.05) is 7.11 Å². The average molecular weight is 227 g/mol. The van der Waals surface area contributed by atoms with Crippen molar-refractivity contribution in [2.45, 2.75) is 19.9 Å². The van der Waals surface area contributed by atoms with Gasteiger partial charge in [0.2, 0.25) is 0 Å². The van der Waals surface area contributed by atoms with Crippen LogP contribution in [-0.2, 0) is 16.1 Å². The fourth-order valence-corrected chi connectivity index (χ4v) is 1.73. The lowest BCUT2D eigenvalue weighted by Gasteiger charge is -2.02. The largest absolute Gasteiger partial charge is 0.466 e. The van der Waals surface area contributed by atoms with Gasteiger partial charge in [0.1, 0.15) is 0 Å². The first-order valence-electron chi connectivity index (χ1n) is 4.60. The van der Waals surface area contributed by atoms with Crippen LogP contribution in [0.3, 0.4) is 0 Å². The number of nitrogens with zero attached hydrogens (tertiary/aromatic N) is 1. The molecule has 82 valence electrons. The lowest BCUT2D eigenvalue weighted by molar-refractivity contribution is -0.136. The third-order valence-corrected chi connectivity index (χ3v) is 2.70. The molecule has 0 aliphatic heterocycles. The van der Waals surface area contributed by atoms with Crippen LogP contribution in [0.2, 0.25) is 0 Å². The molecule has 0 aliphatic rings. The number of allylic oxidation sites excluding steroid dienone is 1. The number of hydrogen-bond acceptors (Lipinski definition) is 4. The van der Waals surface area contributed by atoms with E-state index in [2.05, 4.69) is 4.74 Å². The van der Waals surface area contributed by atoms with E-state index in [9.17, 15) is 9.59 Å². The first kappa shape index (κ1) is 11.7. The number of thiazole rings is 1. The van der Waals surface area contributed by atoms with E-state index in [-0.39, 0.29) is 10.8 Å². The van der Waals surface area contributed by atoms with Gasteiger partial charge in [0, 0.05) is 23.7 Å². The van der Waals surface area contributed by atoms with E-state index < -0.39 is 0 Å². The number of rotatable bonds is 4. The van der Waals surface area contributed by atoms with E-state index in [4.69, 9.17) is 0 Å². The minimum Gasteiger partial charge on any atom is -0.466 e. The van der Waals surface area contributed by atoms with Crippen LogP contribution in [0.4, 0.5) is 0 Å². The summed E-state index contributed by atoms with van der Waals surface area (Å²) in [6.07, 6.45) is 4.03. The first-order chi connectivity index (χ1) is 7.19. The highest BCUT2D eigenvalue weighted by atomic mass is 32.1. The standard InChI is InChI=1S/C10H13NO3S/c1-3-8(9(12)14-2)4-5-11-6-7-15-10(11)13/h4,6-7H,3,5H2,1-2H3. The molecule has 0 radical (unpaired) electrons. The molecule has 0 saturated carbocycles. The average Bonchev–Trinajstić information content (AvgIpc) is 2.65. The summed E-state index contributed by atoms with van der Waals surface area (Å²) in [6.45, 7) is 2.29. The van der Waals surface area contributed by atoms with Crippen LogP contribution in [0, 0.1) is 0 Å². The summed E-state index contributed by atoms with van der Waals surface area (Å²) in [5, 5.41) is 1.72. The molecule has 1 aromatic heterocycles. The molecular weight excluding hydrogens is 214 g/mol. The number of hydrogen-bond donors (Lipinski definition) is 0. The fraction of sp³-hybridized carbons (Fsp3) is 0.400. The molecule has 15 heavy (non-hydrogen) atoms. The van der Waals surface area contributed by atoms with Gasteiger partial charge in [-0.1, -0.05) is 24.3 Å². The second-order valence-electron chi connectivity index (χ2n) is 2.90. The molecule has 1 heterocycles. The maximum absolute atomic E-state index is 11.2. The molecule has 0 saturated heterocycles. The Morgan fingerprint density at radius 3 is 2.87 bits per heavy atom. The number of carbonyl (C=O) groups is 1. The Bertz CT molecular complexity index is 416. The first-order valence-corrected chi connectivity index (χ1v) is 5.48.